The second-order valence-electron chi connectivity index (χ2n) is 12.4. The first-order valence-corrected chi connectivity index (χ1v) is 13.3. The Hall–Kier alpha value is -1.84. The van der Waals surface area contributed by atoms with Crippen LogP contribution in [0.25, 0.3) is 0 Å². The van der Waals surface area contributed by atoms with Crippen LogP contribution in [0.3, 0.4) is 0 Å². The SMILES string of the molecule is C=C(C)[C@@H]1CC[C@@H]2C(=CC[C@]3(C)[C@H]([C@H](C)CC/C=C(/C)C(=O)O)CC[C@@]23C)[C@@]1(C)CCC(=O)O. The molecule has 3 rings (SSSR count). The lowest BCUT2D eigenvalue weighted by atomic mass is 9.44. The third kappa shape index (κ3) is 4.42. The van der Waals surface area contributed by atoms with Crippen LogP contribution in [0.5, 0.6) is 0 Å². The van der Waals surface area contributed by atoms with Gasteiger partial charge >= 0.3 is 11.9 Å². The molecular formula is C30H46O4. The van der Waals surface area contributed by atoms with Crippen LogP contribution < -0.4 is 0 Å². The number of carboxylic acid groups (broad SMARTS) is 2. The summed E-state index contributed by atoms with van der Waals surface area (Å²) in [7, 11) is 0. The van der Waals surface area contributed by atoms with E-state index in [2.05, 4.69) is 47.3 Å². The summed E-state index contributed by atoms with van der Waals surface area (Å²) in [5.41, 5.74) is 3.45. The highest BCUT2D eigenvalue weighted by Crippen LogP contribution is 2.71. The van der Waals surface area contributed by atoms with Crippen molar-refractivity contribution in [1.82, 2.24) is 0 Å². The van der Waals surface area contributed by atoms with E-state index in [-0.39, 0.29) is 22.7 Å². The third-order valence-electron chi connectivity index (χ3n) is 10.7. The Kier molecular flexibility index (Phi) is 7.60. The van der Waals surface area contributed by atoms with Gasteiger partial charge in [0.05, 0.1) is 0 Å². The zero-order chi connectivity index (χ0) is 25.5. The molecule has 0 saturated heterocycles. The first kappa shape index (κ1) is 26.8. The normalized spacial score (nSPS) is 38.5. The average molecular weight is 471 g/mol. The second kappa shape index (κ2) is 9.66. The molecule has 0 aromatic carbocycles. The summed E-state index contributed by atoms with van der Waals surface area (Å²) in [6.45, 7) is 17.8. The Balaban J connectivity index is 1.89. The van der Waals surface area contributed by atoms with E-state index in [1.54, 1.807) is 6.92 Å². The van der Waals surface area contributed by atoms with Gasteiger partial charge in [0.15, 0.2) is 0 Å². The molecule has 2 N–H and O–H groups in total. The van der Waals surface area contributed by atoms with Gasteiger partial charge in [0.1, 0.15) is 0 Å². The van der Waals surface area contributed by atoms with Crippen LogP contribution >= 0.6 is 0 Å². The summed E-state index contributed by atoms with van der Waals surface area (Å²) in [5, 5.41) is 18.6. The maximum atomic E-state index is 11.5. The van der Waals surface area contributed by atoms with E-state index in [4.69, 9.17) is 5.11 Å². The topological polar surface area (TPSA) is 74.6 Å². The fraction of sp³-hybridized carbons (Fsp3) is 0.733. The van der Waals surface area contributed by atoms with E-state index in [0.29, 0.717) is 35.7 Å². The molecule has 7 atom stereocenters. The Bertz CT molecular complexity index is 897. The van der Waals surface area contributed by atoms with Gasteiger partial charge in [-0.15, -0.1) is 0 Å². The standard InChI is InChI=1S/C30H46O4/c1-19(2)22-11-12-25-24(28(22,5)16-15-26(31)32)14-18-29(6)23(13-17-30(25,29)7)20(3)9-8-10-21(4)27(33)34/h10,14,20,22-23,25H,1,8-9,11-13,15-18H2,2-7H3,(H,31,32)(H,33,34)/b21-10-/t20-,22+,23+,25-,28+,29-,30+/m1/s1. The lowest BCUT2D eigenvalue weighted by Crippen LogP contribution is -2.52. The first-order valence-electron chi connectivity index (χ1n) is 13.3. The molecule has 0 aliphatic heterocycles. The van der Waals surface area contributed by atoms with E-state index in [1.807, 2.05) is 6.08 Å². The van der Waals surface area contributed by atoms with E-state index in [0.717, 1.165) is 25.7 Å². The zero-order valence-corrected chi connectivity index (χ0v) is 22.2. The average Bonchev–Trinajstić information content (AvgIpc) is 3.03. The van der Waals surface area contributed by atoms with E-state index >= 15 is 0 Å². The maximum Gasteiger partial charge on any atom is 0.330 e. The molecule has 0 spiro atoms. The Labute approximate surface area is 206 Å². The van der Waals surface area contributed by atoms with Gasteiger partial charge in [-0.3, -0.25) is 4.79 Å². The summed E-state index contributed by atoms with van der Waals surface area (Å²) in [4.78, 5) is 22.7. The van der Waals surface area contributed by atoms with Gasteiger partial charge in [0, 0.05) is 12.0 Å². The predicted octanol–water partition coefficient (Wildman–Crippen LogP) is 7.66. The number of hydrogen-bond acceptors (Lipinski definition) is 2. The van der Waals surface area contributed by atoms with Gasteiger partial charge in [-0.05, 0) is 105 Å². The Morgan fingerprint density at radius 1 is 1.15 bits per heavy atom. The van der Waals surface area contributed by atoms with Crippen LogP contribution in [0, 0.1) is 39.9 Å². The molecule has 0 unspecified atom stereocenters. The lowest BCUT2D eigenvalue weighted by molar-refractivity contribution is -0.138. The summed E-state index contributed by atoms with van der Waals surface area (Å²) in [5.74, 6) is 0.491. The van der Waals surface area contributed by atoms with E-state index in [1.165, 1.54) is 30.4 Å². The first-order chi connectivity index (χ1) is 15.8. The van der Waals surface area contributed by atoms with Crippen molar-refractivity contribution in [3.63, 3.8) is 0 Å². The molecule has 190 valence electrons. The highest BCUT2D eigenvalue weighted by atomic mass is 16.4. The minimum absolute atomic E-state index is 0.125. The van der Waals surface area contributed by atoms with Gasteiger partial charge in [0.2, 0.25) is 0 Å². The molecule has 0 heterocycles. The Morgan fingerprint density at radius 3 is 2.41 bits per heavy atom. The number of hydrogen-bond donors (Lipinski definition) is 2. The third-order valence-corrected chi connectivity index (χ3v) is 10.7. The van der Waals surface area contributed by atoms with Crippen molar-refractivity contribution < 1.29 is 19.8 Å². The van der Waals surface area contributed by atoms with E-state index < -0.39 is 11.9 Å². The van der Waals surface area contributed by atoms with Gasteiger partial charge in [-0.1, -0.05) is 57.6 Å². The summed E-state index contributed by atoms with van der Waals surface area (Å²) in [6.07, 6.45) is 12.9. The van der Waals surface area contributed by atoms with Crippen LogP contribution in [0.1, 0.15) is 99.3 Å². The number of fused-ring (bicyclic) bond motifs is 3. The van der Waals surface area contributed by atoms with Crippen molar-refractivity contribution in [2.75, 3.05) is 0 Å². The maximum absolute atomic E-state index is 11.5. The molecule has 0 aromatic heterocycles. The number of rotatable bonds is 9. The fourth-order valence-electron chi connectivity index (χ4n) is 8.44. The zero-order valence-electron chi connectivity index (χ0n) is 22.2. The highest BCUT2D eigenvalue weighted by Gasteiger charge is 2.63. The molecular weight excluding hydrogens is 424 g/mol. The summed E-state index contributed by atoms with van der Waals surface area (Å²) >= 11 is 0. The minimum Gasteiger partial charge on any atom is -0.481 e. The molecule has 4 heteroatoms. The minimum atomic E-state index is -0.825. The van der Waals surface area contributed by atoms with Crippen molar-refractivity contribution in [2.24, 2.45) is 39.9 Å². The van der Waals surface area contributed by atoms with Crippen molar-refractivity contribution in [3.05, 3.63) is 35.5 Å². The molecule has 3 aliphatic carbocycles. The lowest BCUT2D eigenvalue weighted by Gasteiger charge is -2.60. The molecule has 0 aromatic rings. The number of allylic oxidation sites excluding steroid dienone is 4. The molecule has 4 nitrogen and oxygen atoms in total. The number of carboxylic acids is 2. The highest BCUT2D eigenvalue weighted by molar-refractivity contribution is 5.85. The van der Waals surface area contributed by atoms with E-state index in [9.17, 15) is 14.7 Å². The number of aliphatic carboxylic acids is 2. The molecule has 0 bridgehead atoms. The molecule has 2 fully saturated rings. The van der Waals surface area contributed by atoms with Gasteiger partial charge < -0.3 is 10.2 Å². The predicted molar refractivity (Wildman–Crippen MR) is 137 cm³/mol. The van der Waals surface area contributed by atoms with Crippen molar-refractivity contribution in [1.29, 1.82) is 0 Å². The van der Waals surface area contributed by atoms with Crippen LogP contribution in [0.4, 0.5) is 0 Å². The molecule has 0 amide bonds. The fourth-order valence-corrected chi connectivity index (χ4v) is 8.44. The Morgan fingerprint density at radius 2 is 1.82 bits per heavy atom. The van der Waals surface area contributed by atoms with Gasteiger partial charge in [-0.25, -0.2) is 4.79 Å². The quantitative estimate of drug-likeness (QED) is 0.268. The van der Waals surface area contributed by atoms with Crippen molar-refractivity contribution in [2.45, 2.75) is 99.3 Å². The largest absolute Gasteiger partial charge is 0.481 e. The second-order valence-corrected chi connectivity index (χ2v) is 12.4. The number of carbonyl (C=O) groups is 2. The van der Waals surface area contributed by atoms with Crippen LogP contribution in [0.15, 0.2) is 35.5 Å². The van der Waals surface area contributed by atoms with Gasteiger partial charge in [0.25, 0.3) is 0 Å². The van der Waals surface area contributed by atoms with Crippen LogP contribution in [0.2, 0.25) is 0 Å². The van der Waals surface area contributed by atoms with Crippen LogP contribution in [-0.4, -0.2) is 22.2 Å². The van der Waals surface area contributed by atoms with Crippen molar-refractivity contribution in [3.8, 4) is 0 Å². The monoisotopic (exact) mass is 470 g/mol. The molecule has 3 aliphatic rings. The van der Waals surface area contributed by atoms with Crippen LogP contribution in [-0.2, 0) is 9.59 Å². The smallest absolute Gasteiger partial charge is 0.330 e. The molecule has 0 radical (unpaired) electrons. The molecule has 2 saturated carbocycles. The summed E-state index contributed by atoms with van der Waals surface area (Å²) < 4.78 is 0. The summed E-state index contributed by atoms with van der Waals surface area (Å²) in [6, 6.07) is 0. The van der Waals surface area contributed by atoms with Crippen molar-refractivity contribution >= 4 is 11.9 Å². The molecule has 34 heavy (non-hydrogen) atoms. The van der Waals surface area contributed by atoms with Gasteiger partial charge in [-0.2, -0.15) is 0 Å².